The summed E-state index contributed by atoms with van der Waals surface area (Å²) in [4.78, 5) is 0. The quantitative estimate of drug-likeness (QED) is 0.584. The minimum atomic E-state index is 0. The number of benzene rings is 1. The lowest BCUT2D eigenvalue weighted by atomic mass is 10.0. The number of aromatic nitrogens is 2. The lowest BCUT2D eigenvalue weighted by Gasteiger charge is -2.38. The maximum absolute atomic E-state index is 10.3. The third kappa shape index (κ3) is 5.12. The second-order valence-electron chi connectivity index (χ2n) is 7.69. The molecule has 2 aromatic rings. The van der Waals surface area contributed by atoms with Crippen molar-refractivity contribution < 1.29 is 22.0 Å². The van der Waals surface area contributed by atoms with Crippen molar-refractivity contribution in [2.75, 3.05) is 32.5 Å². The first-order chi connectivity index (χ1) is 12.4. The van der Waals surface area contributed by atoms with E-state index in [0.717, 1.165) is 34.4 Å². The molecule has 1 aliphatic rings. The number of nitrogens with zero attached hydrogens (tertiary/aromatic N) is 3. The van der Waals surface area contributed by atoms with Gasteiger partial charge in [0.05, 0.1) is 38.9 Å². The number of phenols is 1. The number of quaternary nitrogens is 1. The minimum Gasteiger partial charge on any atom is -1.00 e. The Morgan fingerprint density at radius 2 is 2.00 bits per heavy atom. The molecule has 1 fully saturated rings. The Morgan fingerprint density at radius 3 is 2.63 bits per heavy atom. The van der Waals surface area contributed by atoms with Crippen molar-refractivity contribution in [1.29, 1.82) is 0 Å². The van der Waals surface area contributed by atoms with Gasteiger partial charge in [0.1, 0.15) is 11.6 Å². The molecule has 1 aromatic heterocycles. The van der Waals surface area contributed by atoms with Crippen LogP contribution in [0, 0.1) is 18.8 Å². The fraction of sp³-hybridized carbons (Fsp3) is 0.429. The standard InChI is InChI=1S/C21H26N4O.ClH/c1-5-7-16-9-10-18(19(26)13-16)21-15(2)12-20(23-24-21)22-17-8-6-11-25(3,4)14-17;/h9-10,12-13,17H,6,8,11,14H2,1-4H3,(H-,22,23,24,26);1H/t17-;/m1./s1. The van der Waals surface area contributed by atoms with Crippen LogP contribution in [0.5, 0.6) is 5.75 Å². The number of rotatable bonds is 3. The van der Waals surface area contributed by atoms with E-state index in [0.29, 0.717) is 17.3 Å². The molecule has 1 aromatic carbocycles. The van der Waals surface area contributed by atoms with Crippen molar-refractivity contribution in [1.82, 2.24) is 10.2 Å². The van der Waals surface area contributed by atoms with Gasteiger partial charge in [-0.3, -0.25) is 0 Å². The normalized spacial score (nSPS) is 18.0. The molecule has 144 valence electrons. The maximum Gasteiger partial charge on any atom is 0.149 e. The first-order valence-electron chi connectivity index (χ1n) is 9.07. The first-order valence-corrected chi connectivity index (χ1v) is 9.07. The molecule has 0 radical (unpaired) electrons. The van der Waals surface area contributed by atoms with Gasteiger partial charge >= 0.3 is 0 Å². The van der Waals surface area contributed by atoms with Crippen molar-refractivity contribution in [2.45, 2.75) is 32.7 Å². The first kappa shape index (κ1) is 21.0. The lowest BCUT2D eigenvalue weighted by Crippen LogP contribution is -3.00. The van der Waals surface area contributed by atoms with Crippen LogP contribution < -0.4 is 17.7 Å². The van der Waals surface area contributed by atoms with Gasteiger partial charge in [0.2, 0.25) is 0 Å². The highest BCUT2D eigenvalue weighted by Crippen LogP contribution is 2.31. The third-order valence-corrected chi connectivity index (χ3v) is 4.89. The highest BCUT2D eigenvalue weighted by Gasteiger charge is 2.27. The molecule has 3 rings (SSSR count). The number of anilines is 1. The van der Waals surface area contributed by atoms with Crippen molar-refractivity contribution in [3.05, 3.63) is 35.4 Å². The molecule has 0 aliphatic carbocycles. The van der Waals surface area contributed by atoms with Gasteiger partial charge in [-0.2, -0.15) is 0 Å². The molecule has 0 bridgehead atoms. The predicted molar refractivity (Wildman–Crippen MR) is 105 cm³/mol. The van der Waals surface area contributed by atoms with Crippen LogP contribution in [0.15, 0.2) is 24.3 Å². The van der Waals surface area contributed by atoms with Gasteiger partial charge in [-0.25, -0.2) is 0 Å². The predicted octanol–water partition coefficient (Wildman–Crippen LogP) is 0.184. The summed E-state index contributed by atoms with van der Waals surface area (Å²) >= 11 is 0. The largest absolute Gasteiger partial charge is 1.00 e. The van der Waals surface area contributed by atoms with E-state index < -0.39 is 0 Å². The molecule has 5 nitrogen and oxygen atoms in total. The number of aryl methyl sites for hydroxylation is 1. The summed E-state index contributed by atoms with van der Waals surface area (Å²) in [7, 11) is 4.53. The van der Waals surface area contributed by atoms with Gasteiger partial charge in [-0.15, -0.1) is 16.1 Å². The Morgan fingerprint density at radius 1 is 1.22 bits per heavy atom. The summed E-state index contributed by atoms with van der Waals surface area (Å²) in [5.74, 6) is 6.75. The average Bonchev–Trinajstić information content (AvgIpc) is 2.55. The number of likely N-dealkylation sites (N-methyl/N-ethyl adjacent to an activating group) is 1. The van der Waals surface area contributed by atoms with Gasteiger partial charge in [0.25, 0.3) is 0 Å². The number of halogens is 1. The Labute approximate surface area is 167 Å². The molecule has 0 unspecified atom stereocenters. The third-order valence-electron chi connectivity index (χ3n) is 4.89. The molecule has 1 atom stereocenters. The molecule has 2 N–H and O–H groups in total. The van der Waals surface area contributed by atoms with Crippen LogP contribution in [0.3, 0.4) is 0 Å². The van der Waals surface area contributed by atoms with E-state index in [2.05, 4.69) is 41.5 Å². The molecule has 2 heterocycles. The summed E-state index contributed by atoms with van der Waals surface area (Å²) in [6, 6.07) is 7.83. The lowest BCUT2D eigenvalue weighted by molar-refractivity contribution is -0.895. The Kier molecular flexibility index (Phi) is 6.69. The van der Waals surface area contributed by atoms with E-state index in [1.165, 1.54) is 13.0 Å². The van der Waals surface area contributed by atoms with Crippen LogP contribution in [0.25, 0.3) is 11.3 Å². The number of phenolic OH excluding ortho intramolecular Hbond substituents is 1. The van der Waals surface area contributed by atoms with E-state index in [1.54, 1.807) is 13.0 Å². The van der Waals surface area contributed by atoms with Crippen LogP contribution in [0.2, 0.25) is 0 Å². The Hall–Kier alpha value is -2.29. The smallest absolute Gasteiger partial charge is 0.149 e. The number of piperidine rings is 1. The maximum atomic E-state index is 10.3. The second kappa shape index (κ2) is 8.60. The molecule has 0 amide bonds. The minimum absolute atomic E-state index is 0. The second-order valence-corrected chi connectivity index (χ2v) is 7.69. The van der Waals surface area contributed by atoms with Crippen molar-refractivity contribution >= 4 is 5.82 Å². The zero-order valence-corrected chi connectivity index (χ0v) is 17.1. The molecule has 0 spiro atoms. The molecule has 27 heavy (non-hydrogen) atoms. The van der Waals surface area contributed by atoms with Gasteiger partial charge in [-0.1, -0.05) is 5.92 Å². The van der Waals surface area contributed by atoms with Gasteiger partial charge in [0.15, 0.2) is 0 Å². The number of nitrogens with one attached hydrogen (secondary N) is 1. The van der Waals surface area contributed by atoms with Gasteiger partial charge in [0, 0.05) is 11.1 Å². The summed E-state index contributed by atoms with van der Waals surface area (Å²) in [5, 5.41) is 22.6. The van der Waals surface area contributed by atoms with Crippen LogP contribution in [0.1, 0.15) is 30.9 Å². The molecular formula is C21H27ClN4O. The SMILES string of the molecule is CC#Cc1ccc(-c2nnc(N[C@@H]3CCC[N+](C)(C)C3)cc2C)c(O)c1.[Cl-]. The van der Waals surface area contributed by atoms with Gasteiger partial charge < -0.3 is 27.3 Å². The van der Waals surface area contributed by atoms with Crippen LogP contribution >= 0.6 is 0 Å². The monoisotopic (exact) mass is 386 g/mol. The zero-order valence-electron chi connectivity index (χ0n) is 16.4. The number of hydrogen-bond donors (Lipinski definition) is 2. The highest BCUT2D eigenvalue weighted by molar-refractivity contribution is 5.71. The van der Waals surface area contributed by atoms with Crippen LogP contribution in [-0.4, -0.2) is 53.0 Å². The molecular weight excluding hydrogens is 360 g/mol. The summed E-state index contributed by atoms with van der Waals surface area (Å²) in [5.41, 5.74) is 3.15. The van der Waals surface area contributed by atoms with Crippen LogP contribution in [0.4, 0.5) is 5.82 Å². The van der Waals surface area contributed by atoms with Gasteiger partial charge in [-0.05, 0) is 56.5 Å². The number of likely N-dealkylation sites (tertiary alicyclic amines) is 1. The molecule has 1 saturated heterocycles. The Balaban J connectivity index is 0.00000261. The molecule has 6 heteroatoms. The number of aromatic hydroxyl groups is 1. The summed E-state index contributed by atoms with van der Waals surface area (Å²) < 4.78 is 1.03. The summed E-state index contributed by atoms with van der Waals surface area (Å²) in [6.45, 7) is 6.08. The fourth-order valence-electron chi connectivity index (χ4n) is 3.65. The summed E-state index contributed by atoms with van der Waals surface area (Å²) in [6.07, 6.45) is 2.38. The van der Waals surface area contributed by atoms with E-state index in [4.69, 9.17) is 0 Å². The number of hydrogen-bond acceptors (Lipinski definition) is 4. The van der Waals surface area contributed by atoms with E-state index in [-0.39, 0.29) is 18.2 Å². The highest BCUT2D eigenvalue weighted by atomic mass is 35.5. The molecule has 0 saturated carbocycles. The topological polar surface area (TPSA) is 58.0 Å². The van der Waals surface area contributed by atoms with Crippen molar-refractivity contribution in [2.24, 2.45) is 0 Å². The molecule has 1 aliphatic heterocycles. The van der Waals surface area contributed by atoms with E-state index in [9.17, 15) is 5.11 Å². The van der Waals surface area contributed by atoms with E-state index in [1.807, 2.05) is 25.1 Å². The van der Waals surface area contributed by atoms with Crippen molar-refractivity contribution in [3.63, 3.8) is 0 Å². The zero-order chi connectivity index (χ0) is 18.7. The Bertz CT molecular complexity index is 870. The fourth-order valence-corrected chi connectivity index (χ4v) is 3.65. The van der Waals surface area contributed by atoms with Crippen molar-refractivity contribution in [3.8, 4) is 28.8 Å². The average molecular weight is 387 g/mol. The van der Waals surface area contributed by atoms with Crippen LogP contribution in [-0.2, 0) is 0 Å². The van der Waals surface area contributed by atoms with E-state index >= 15 is 0 Å².